The van der Waals surface area contributed by atoms with E-state index in [0.717, 1.165) is 25.9 Å². The molecule has 7 rings (SSSR count). The Morgan fingerprint density at radius 2 is 1.36 bits per heavy atom. The van der Waals surface area contributed by atoms with Crippen LogP contribution in [0.1, 0.15) is 33.4 Å². The van der Waals surface area contributed by atoms with Crippen LogP contribution in [-0.4, -0.2) is 14.1 Å². The minimum Gasteiger partial charge on any atom is -0.378 e. The second kappa shape index (κ2) is 9.20. The molecule has 2 aliphatic rings. The third-order valence-electron chi connectivity index (χ3n) is 8.89. The highest BCUT2D eigenvalue weighted by Crippen LogP contribution is 2.44. The van der Waals surface area contributed by atoms with Crippen LogP contribution in [0.2, 0.25) is 0 Å². The van der Waals surface area contributed by atoms with Gasteiger partial charge in [0.05, 0.1) is 16.5 Å². The van der Waals surface area contributed by atoms with Crippen LogP contribution in [0.4, 0.5) is 5.69 Å². The molecule has 192 valence electrons. The molecule has 0 amide bonds. The highest BCUT2D eigenvalue weighted by molar-refractivity contribution is 5.99. The van der Waals surface area contributed by atoms with E-state index in [0.29, 0.717) is 0 Å². The van der Waals surface area contributed by atoms with Gasteiger partial charge in [0, 0.05) is 50.8 Å². The third kappa shape index (κ3) is 3.87. The van der Waals surface area contributed by atoms with Gasteiger partial charge in [0.2, 0.25) is 11.4 Å². The SMILES string of the molecule is Cc1c(C)c2c(c3c1CC[n+]1ccc(/C=C/c4ccc(N(C)C)cc4)cc1-3)-c1c3ccccc3cc[n+]1CC2. The fourth-order valence-electron chi connectivity index (χ4n) is 6.62. The minimum absolute atomic E-state index is 1.02. The van der Waals surface area contributed by atoms with Gasteiger partial charge in [-0.05, 0) is 70.8 Å². The van der Waals surface area contributed by atoms with Crippen LogP contribution in [0.3, 0.4) is 0 Å². The Morgan fingerprint density at radius 1 is 0.692 bits per heavy atom. The molecule has 3 aromatic carbocycles. The number of rotatable bonds is 3. The lowest BCUT2D eigenvalue weighted by atomic mass is 9.79. The Balaban J connectivity index is 1.42. The summed E-state index contributed by atoms with van der Waals surface area (Å²) in [5, 5.41) is 2.66. The molecule has 5 aromatic rings. The Hall–Kier alpha value is -4.24. The summed E-state index contributed by atoms with van der Waals surface area (Å²) in [5.74, 6) is 0. The zero-order chi connectivity index (χ0) is 26.7. The molecule has 0 aliphatic carbocycles. The number of benzene rings is 3. The van der Waals surface area contributed by atoms with Gasteiger partial charge in [0.25, 0.3) is 0 Å². The van der Waals surface area contributed by atoms with Crippen molar-refractivity contribution in [2.75, 3.05) is 19.0 Å². The first kappa shape index (κ1) is 23.8. The normalized spacial score (nSPS) is 13.6. The quantitative estimate of drug-likeness (QED) is 0.246. The van der Waals surface area contributed by atoms with E-state index in [1.54, 1.807) is 0 Å². The molecule has 0 saturated carbocycles. The molecule has 0 atom stereocenters. The molecule has 2 aromatic heterocycles. The zero-order valence-corrected chi connectivity index (χ0v) is 23.3. The van der Waals surface area contributed by atoms with Gasteiger partial charge in [-0.25, -0.2) is 0 Å². The summed E-state index contributed by atoms with van der Waals surface area (Å²) in [6.07, 6.45) is 11.2. The molecule has 3 heteroatoms. The summed E-state index contributed by atoms with van der Waals surface area (Å²) in [6.45, 7) is 6.74. The summed E-state index contributed by atoms with van der Waals surface area (Å²) >= 11 is 0. The van der Waals surface area contributed by atoms with Crippen molar-refractivity contribution in [1.29, 1.82) is 0 Å². The highest BCUT2D eigenvalue weighted by Gasteiger charge is 2.37. The van der Waals surface area contributed by atoms with Gasteiger partial charge in [-0.1, -0.05) is 42.5 Å². The predicted octanol–water partition coefficient (Wildman–Crippen LogP) is 6.71. The van der Waals surface area contributed by atoms with Crippen molar-refractivity contribution in [3.63, 3.8) is 0 Å². The van der Waals surface area contributed by atoms with E-state index in [2.05, 4.69) is 133 Å². The molecule has 0 saturated heterocycles. The van der Waals surface area contributed by atoms with Gasteiger partial charge in [-0.3, -0.25) is 0 Å². The molecule has 0 radical (unpaired) electrons. The van der Waals surface area contributed by atoms with Gasteiger partial charge in [-0.2, -0.15) is 9.13 Å². The molecule has 0 unspecified atom stereocenters. The largest absolute Gasteiger partial charge is 0.378 e. The van der Waals surface area contributed by atoms with Crippen molar-refractivity contribution < 1.29 is 9.13 Å². The van der Waals surface area contributed by atoms with E-state index >= 15 is 0 Å². The third-order valence-corrected chi connectivity index (χ3v) is 8.89. The van der Waals surface area contributed by atoms with Gasteiger partial charge < -0.3 is 4.90 Å². The summed E-state index contributed by atoms with van der Waals surface area (Å²) in [4.78, 5) is 2.13. The standard InChI is InChI=1S/C36H35N3/c1-24-25(2)31-18-22-39-20-16-28-7-5-6-8-32(28)36(39)35(31)34-30(24)17-21-38-19-15-27(23-33(34)38)10-9-26-11-13-29(14-12-26)37(3)4/h5-16,19-20,23H,17-18,21-22H2,1-4H3/q+2. The smallest absolute Gasteiger partial charge is 0.221 e. The van der Waals surface area contributed by atoms with Gasteiger partial charge in [0.15, 0.2) is 25.5 Å². The second-order valence-corrected chi connectivity index (χ2v) is 11.3. The zero-order valence-electron chi connectivity index (χ0n) is 23.3. The molecule has 0 spiro atoms. The van der Waals surface area contributed by atoms with Gasteiger partial charge in [-0.15, -0.1) is 0 Å². The molecule has 0 N–H and O–H groups in total. The Morgan fingerprint density at radius 3 is 2.13 bits per heavy atom. The minimum atomic E-state index is 1.02. The second-order valence-electron chi connectivity index (χ2n) is 11.3. The van der Waals surface area contributed by atoms with Crippen molar-refractivity contribution in [3.8, 4) is 22.5 Å². The maximum atomic E-state index is 2.49. The molecule has 0 fully saturated rings. The molecular weight excluding hydrogens is 474 g/mol. The number of pyridine rings is 2. The van der Waals surface area contributed by atoms with Crippen LogP contribution in [0.5, 0.6) is 0 Å². The highest BCUT2D eigenvalue weighted by atomic mass is 15.1. The monoisotopic (exact) mass is 509 g/mol. The molecule has 4 heterocycles. The van der Waals surface area contributed by atoms with E-state index in [4.69, 9.17) is 0 Å². The lowest BCUT2D eigenvalue weighted by molar-refractivity contribution is -0.689. The lowest BCUT2D eigenvalue weighted by Crippen LogP contribution is -2.43. The number of aromatic nitrogens is 2. The number of aryl methyl sites for hydroxylation is 2. The molecule has 39 heavy (non-hydrogen) atoms. The number of hydrogen-bond donors (Lipinski definition) is 0. The van der Waals surface area contributed by atoms with Crippen LogP contribution in [0, 0.1) is 13.8 Å². The van der Waals surface area contributed by atoms with Crippen LogP contribution in [-0.2, 0) is 25.9 Å². The summed E-state index contributed by atoms with van der Waals surface area (Å²) in [7, 11) is 4.16. The van der Waals surface area contributed by atoms with Crippen molar-refractivity contribution in [2.24, 2.45) is 0 Å². The maximum Gasteiger partial charge on any atom is 0.221 e. The van der Waals surface area contributed by atoms with Gasteiger partial charge >= 0.3 is 0 Å². The Labute approximate surface area is 231 Å². The van der Waals surface area contributed by atoms with E-state index in [9.17, 15) is 0 Å². The van der Waals surface area contributed by atoms with Crippen molar-refractivity contribution >= 4 is 28.6 Å². The Kier molecular flexibility index (Phi) is 5.62. The average molecular weight is 510 g/mol. The average Bonchev–Trinajstić information content (AvgIpc) is 2.97. The van der Waals surface area contributed by atoms with E-state index in [1.807, 2.05) is 0 Å². The molecule has 0 bridgehead atoms. The first-order chi connectivity index (χ1) is 19.0. The summed E-state index contributed by atoms with van der Waals surface area (Å²) in [6, 6.07) is 24.5. The van der Waals surface area contributed by atoms with Gasteiger partial charge in [0.1, 0.15) is 0 Å². The first-order valence-electron chi connectivity index (χ1n) is 14.1. The van der Waals surface area contributed by atoms with Crippen molar-refractivity contribution in [1.82, 2.24) is 0 Å². The van der Waals surface area contributed by atoms with E-state index in [-0.39, 0.29) is 0 Å². The van der Waals surface area contributed by atoms with Crippen LogP contribution >= 0.6 is 0 Å². The molecule has 2 aliphatic heterocycles. The number of anilines is 1. The lowest BCUT2D eigenvalue weighted by Gasteiger charge is -2.27. The fourth-order valence-corrected chi connectivity index (χ4v) is 6.62. The summed E-state index contributed by atoms with van der Waals surface area (Å²) < 4.78 is 4.95. The molecular formula is C36H35N3+2. The number of fused-ring (bicyclic) bond motifs is 9. The van der Waals surface area contributed by atoms with E-state index < -0.39 is 0 Å². The number of hydrogen-bond acceptors (Lipinski definition) is 1. The predicted molar refractivity (Wildman–Crippen MR) is 162 cm³/mol. The molecule has 3 nitrogen and oxygen atoms in total. The summed E-state index contributed by atoms with van der Waals surface area (Å²) in [5.41, 5.74) is 15.3. The van der Waals surface area contributed by atoms with Crippen molar-refractivity contribution in [3.05, 3.63) is 113 Å². The Bertz CT molecular complexity index is 1790. The van der Waals surface area contributed by atoms with E-state index in [1.165, 1.54) is 72.4 Å². The van der Waals surface area contributed by atoms with Crippen LogP contribution in [0.25, 0.3) is 45.4 Å². The first-order valence-corrected chi connectivity index (χ1v) is 14.1. The van der Waals surface area contributed by atoms with Crippen LogP contribution < -0.4 is 14.0 Å². The topological polar surface area (TPSA) is 11.0 Å². The maximum absolute atomic E-state index is 2.49. The number of nitrogens with zero attached hydrogens (tertiary/aromatic N) is 3. The van der Waals surface area contributed by atoms with Crippen molar-refractivity contribution in [2.45, 2.75) is 39.8 Å². The van der Waals surface area contributed by atoms with Crippen LogP contribution in [0.15, 0.2) is 79.1 Å². The fraction of sp³-hybridized carbons (Fsp3) is 0.222.